The monoisotopic (exact) mass is 284 g/mol. The van der Waals surface area contributed by atoms with Gasteiger partial charge < -0.3 is 10.0 Å². The number of amides is 1. The van der Waals surface area contributed by atoms with Gasteiger partial charge in [-0.3, -0.25) is 4.79 Å². The number of aliphatic hydroxyl groups excluding tert-OH is 1. The van der Waals surface area contributed by atoms with E-state index in [2.05, 4.69) is 20.9 Å². The Morgan fingerprint density at radius 3 is 3.00 bits per heavy atom. The predicted molar refractivity (Wildman–Crippen MR) is 63.1 cm³/mol. The van der Waals surface area contributed by atoms with Crippen LogP contribution in [0.4, 0.5) is 0 Å². The zero-order valence-electron chi connectivity index (χ0n) is 8.77. The summed E-state index contributed by atoms with van der Waals surface area (Å²) in [6, 6.07) is 3.48. The second-order valence-corrected chi connectivity index (χ2v) is 4.73. The SMILES string of the molecule is O=C(c1ccc(Br)nc1)N1CCCC(O)C1. The lowest BCUT2D eigenvalue weighted by atomic mass is 10.1. The number of hydrogen-bond donors (Lipinski definition) is 1. The standard InChI is InChI=1S/C11H13BrN2O2/c12-10-4-3-8(6-13-10)11(16)14-5-1-2-9(15)7-14/h3-4,6,9,15H,1-2,5,7H2. The number of aliphatic hydroxyl groups is 1. The molecule has 1 saturated heterocycles. The average Bonchev–Trinajstić information content (AvgIpc) is 2.29. The van der Waals surface area contributed by atoms with Crippen molar-refractivity contribution in [2.45, 2.75) is 18.9 Å². The Balaban J connectivity index is 2.09. The van der Waals surface area contributed by atoms with E-state index in [1.54, 1.807) is 23.2 Å². The number of carbonyl (C=O) groups is 1. The van der Waals surface area contributed by atoms with Crippen LogP contribution in [-0.2, 0) is 0 Å². The highest BCUT2D eigenvalue weighted by atomic mass is 79.9. The maximum atomic E-state index is 12.0. The van der Waals surface area contributed by atoms with E-state index in [-0.39, 0.29) is 12.0 Å². The molecule has 2 heterocycles. The molecule has 1 aromatic rings. The Hall–Kier alpha value is -0.940. The van der Waals surface area contributed by atoms with Gasteiger partial charge in [-0.2, -0.15) is 0 Å². The number of pyridine rings is 1. The molecule has 0 radical (unpaired) electrons. The summed E-state index contributed by atoms with van der Waals surface area (Å²) in [6.45, 7) is 1.14. The second kappa shape index (κ2) is 4.93. The van der Waals surface area contributed by atoms with Crippen molar-refractivity contribution in [3.63, 3.8) is 0 Å². The van der Waals surface area contributed by atoms with Crippen LogP contribution in [0.5, 0.6) is 0 Å². The molecule has 1 aromatic heterocycles. The van der Waals surface area contributed by atoms with Crippen LogP contribution in [0.25, 0.3) is 0 Å². The largest absolute Gasteiger partial charge is 0.391 e. The van der Waals surface area contributed by atoms with Crippen LogP contribution in [-0.4, -0.2) is 40.1 Å². The van der Waals surface area contributed by atoms with E-state index >= 15 is 0 Å². The van der Waals surface area contributed by atoms with Gasteiger partial charge in [-0.1, -0.05) is 0 Å². The minimum Gasteiger partial charge on any atom is -0.391 e. The van der Waals surface area contributed by atoms with E-state index in [0.29, 0.717) is 23.3 Å². The molecule has 0 bridgehead atoms. The van der Waals surface area contributed by atoms with Crippen molar-refractivity contribution in [3.05, 3.63) is 28.5 Å². The van der Waals surface area contributed by atoms with E-state index < -0.39 is 0 Å². The van der Waals surface area contributed by atoms with Crippen molar-refractivity contribution in [1.82, 2.24) is 9.88 Å². The first-order chi connectivity index (χ1) is 7.66. The maximum Gasteiger partial charge on any atom is 0.255 e. The third-order valence-electron chi connectivity index (χ3n) is 2.66. The molecule has 1 aliphatic rings. The van der Waals surface area contributed by atoms with Crippen LogP contribution in [0.15, 0.2) is 22.9 Å². The highest BCUT2D eigenvalue weighted by molar-refractivity contribution is 9.10. The Morgan fingerprint density at radius 2 is 2.38 bits per heavy atom. The molecule has 1 atom stereocenters. The second-order valence-electron chi connectivity index (χ2n) is 3.92. The smallest absolute Gasteiger partial charge is 0.255 e. The number of carbonyl (C=O) groups excluding carboxylic acids is 1. The van der Waals surface area contributed by atoms with Gasteiger partial charge in [-0.25, -0.2) is 4.98 Å². The summed E-state index contributed by atoms with van der Waals surface area (Å²) in [5, 5.41) is 9.50. The van der Waals surface area contributed by atoms with Crippen molar-refractivity contribution in [2.24, 2.45) is 0 Å². The van der Waals surface area contributed by atoms with Crippen LogP contribution in [0, 0.1) is 0 Å². The molecule has 86 valence electrons. The molecule has 1 fully saturated rings. The fraction of sp³-hybridized carbons (Fsp3) is 0.455. The van der Waals surface area contributed by atoms with Crippen molar-refractivity contribution in [3.8, 4) is 0 Å². The molecule has 4 nitrogen and oxygen atoms in total. The first kappa shape index (κ1) is 11.5. The summed E-state index contributed by atoms with van der Waals surface area (Å²) in [5.41, 5.74) is 0.567. The van der Waals surface area contributed by atoms with Crippen LogP contribution in [0.1, 0.15) is 23.2 Å². The maximum absolute atomic E-state index is 12.0. The van der Waals surface area contributed by atoms with Gasteiger partial charge in [0.05, 0.1) is 11.7 Å². The number of halogens is 1. The van der Waals surface area contributed by atoms with E-state index in [1.807, 2.05) is 0 Å². The van der Waals surface area contributed by atoms with Gasteiger partial charge in [-0.15, -0.1) is 0 Å². The van der Waals surface area contributed by atoms with E-state index in [4.69, 9.17) is 0 Å². The molecule has 1 aliphatic heterocycles. The molecule has 1 amide bonds. The molecular weight excluding hydrogens is 272 g/mol. The Kier molecular flexibility index (Phi) is 3.56. The molecule has 5 heteroatoms. The van der Waals surface area contributed by atoms with Gasteiger partial charge in [0, 0.05) is 19.3 Å². The quantitative estimate of drug-likeness (QED) is 0.794. The zero-order chi connectivity index (χ0) is 11.5. The first-order valence-corrected chi connectivity index (χ1v) is 6.05. The van der Waals surface area contributed by atoms with Gasteiger partial charge in [0.25, 0.3) is 5.91 Å². The number of hydrogen-bond acceptors (Lipinski definition) is 3. The number of likely N-dealkylation sites (tertiary alicyclic amines) is 1. The first-order valence-electron chi connectivity index (χ1n) is 5.26. The lowest BCUT2D eigenvalue weighted by molar-refractivity contribution is 0.0473. The van der Waals surface area contributed by atoms with Crippen LogP contribution >= 0.6 is 15.9 Å². The zero-order valence-corrected chi connectivity index (χ0v) is 10.4. The summed E-state index contributed by atoms with van der Waals surface area (Å²) in [6.07, 6.45) is 2.80. The molecule has 1 N–H and O–H groups in total. The van der Waals surface area contributed by atoms with Crippen LogP contribution in [0.2, 0.25) is 0 Å². The van der Waals surface area contributed by atoms with Gasteiger partial charge in [0.1, 0.15) is 4.60 Å². The predicted octanol–water partition coefficient (Wildman–Crippen LogP) is 1.44. The van der Waals surface area contributed by atoms with Crippen LogP contribution in [0.3, 0.4) is 0 Å². The normalized spacial score (nSPS) is 20.9. The number of piperidine rings is 1. The van der Waals surface area contributed by atoms with E-state index in [0.717, 1.165) is 12.8 Å². The number of rotatable bonds is 1. The van der Waals surface area contributed by atoms with Crippen molar-refractivity contribution >= 4 is 21.8 Å². The number of aromatic nitrogens is 1. The summed E-state index contributed by atoms with van der Waals surface area (Å²) in [4.78, 5) is 17.7. The minimum absolute atomic E-state index is 0.0567. The summed E-state index contributed by atoms with van der Waals surface area (Å²) < 4.78 is 0.711. The topological polar surface area (TPSA) is 53.4 Å². The average molecular weight is 285 g/mol. The van der Waals surface area contributed by atoms with Crippen molar-refractivity contribution in [2.75, 3.05) is 13.1 Å². The summed E-state index contributed by atoms with van der Waals surface area (Å²) >= 11 is 3.22. The molecular formula is C11H13BrN2O2. The van der Waals surface area contributed by atoms with Crippen LogP contribution < -0.4 is 0 Å². The van der Waals surface area contributed by atoms with Gasteiger partial charge >= 0.3 is 0 Å². The van der Waals surface area contributed by atoms with Gasteiger partial charge in [0.15, 0.2) is 0 Å². The van der Waals surface area contributed by atoms with Gasteiger partial charge in [-0.05, 0) is 40.9 Å². The van der Waals surface area contributed by atoms with Gasteiger partial charge in [0.2, 0.25) is 0 Å². The number of nitrogens with zero attached hydrogens (tertiary/aromatic N) is 2. The Morgan fingerprint density at radius 1 is 1.56 bits per heavy atom. The molecule has 2 rings (SSSR count). The fourth-order valence-corrected chi connectivity index (χ4v) is 2.06. The van der Waals surface area contributed by atoms with E-state index in [1.165, 1.54) is 0 Å². The molecule has 0 aliphatic carbocycles. The van der Waals surface area contributed by atoms with Crippen molar-refractivity contribution < 1.29 is 9.90 Å². The molecule has 0 saturated carbocycles. The number of β-amino-alcohol motifs (C(OH)–C–C–N with tert-alkyl or cyclic N) is 1. The molecule has 16 heavy (non-hydrogen) atoms. The lowest BCUT2D eigenvalue weighted by Gasteiger charge is -2.30. The lowest BCUT2D eigenvalue weighted by Crippen LogP contribution is -2.42. The molecule has 0 aromatic carbocycles. The fourth-order valence-electron chi connectivity index (χ4n) is 1.82. The Labute approximate surface area is 102 Å². The molecule has 1 unspecified atom stereocenters. The highest BCUT2D eigenvalue weighted by Crippen LogP contribution is 2.14. The third-order valence-corrected chi connectivity index (χ3v) is 3.13. The molecule has 0 spiro atoms. The minimum atomic E-state index is -0.388. The third kappa shape index (κ3) is 2.59. The summed E-state index contributed by atoms with van der Waals surface area (Å²) in [5.74, 6) is -0.0567. The highest BCUT2D eigenvalue weighted by Gasteiger charge is 2.22. The summed E-state index contributed by atoms with van der Waals surface area (Å²) in [7, 11) is 0. The van der Waals surface area contributed by atoms with Crippen molar-refractivity contribution in [1.29, 1.82) is 0 Å². The Bertz CT molecular complexity index is 380. The van der Waals surface area contributed by atoms with E-state index in [9.17, 15) is 9.90 Å².